The van der Waals surface area contributed by atoms with E-state index in [4.69, 9.17) is 4.74 Å². The molecule has 1 N–H and O–H groups in total. The molecular formula is C14H17N3O2. The molecule has 1 aromatic heterocycles. The number of anilines is 1. The summed E-state index contributed by atoms with van der Waals surface area (Å²) in [5.41, 5.74) is 0. The van der Waals surface area contributed by atoms with Gasteiger partial charge in [-0.1, -0.05) is 6.07 Å². The minimum Gasteiger partial charge on any atom is -0.497 e. The molecule has 0 aliphatic rings. The predicted molar refractivity (Wildman–Crippen MR) is 75.5 cm³/mol. The molecule has 0 bridgehead atoms. The van der Waals surface area contributed by atoms with E-state index in [2.05, 4.69) is 10.3 Å². The van der Waals surface area contributed by atoms with Crippen molar-refractivity contribution in [3.63, 3.8) is 0 Å². The number of hydrogen-bond acceptors (Lipinski definition) is 4. The second-order valence-electron chi connectivity index (χ2n) is 4.39. The van der Waals surface area contributed by atoms with Crippen LogP contribution in [-0.2, 0) is 4.79 Å². The first-order valence-corrected chi connectivity index (χ1v) is 5.98. The Kier molecular flexibility index (Phi) is 3.85. The molecule has 0 spiro atoms. The van der Waals surface area contributed by atoms with Crippen LogP contribution in [0.3, 0.4) is 0 Å². The summed E-state index contributed by atoms with van der Waals surface area (Å²) in [5.74, 6) is 1.45. The van der Waals surface area contributed by atoms with Gasteiger partial charge in [-0.25, -0.2) is 4.98 Å². The standard InChI is InChI=1S/C14H17N3O2/c1-17(2)13(18)9-16-14-12-8-11(19-3)5-4-10(12)6-7-15-14/h4-8H,9H2,1-3H3,(H,15,16). The van der Waals surface area contributed by atoms with E-state index in [0.717, 1.165) is 16.5 Å². The summed E-state index contributed by atoms with van der Waals surface area (Å²) >= 11 is 0. The van der Waals surface area contributed by atoms with Crippen molar-refractivity contribution in [3.8, 4) is 5.75 Å². The van der Waals surface area contributed by atoms with Gasteiger partial charge in [0.05, 0.1) is 13.7 Å². The molecule has 0 aliphatic heterocycles. The SMILES string of the molecule is COc1ccc2ccnc(NCC(=O)N(C)C)c2c1. The number of benzene rings is 1. The first kappa shape index (κ1) is 13.1. The third-order valence-electron chi connectivity index (χ3n) is 2.88. The Bertz CT molecular complexity index is 596. The van der Waals surface area contributed by atoms with E-state index in [0.29, 0.717) is 5.82 Å². The maximum absolute atomic E-state index is 11.6. The van der Waals surface area contributed by atoms with Gasteiger partial charge in [0.15, 0.2) is 0 Å². The molecule has 0 saturated carbocycles. The zero-order valence-corrected chi connectivity index (χ0v) is 11.3. The number of pyridine rings is 1. The van der Waals surface area contributed by atoms with Crippen molar-refractivity contribution >= 4 is 22.5 Å². The van der Waals surface area contributed by atoms with Crippen molar-refractivity contribution in [1.29, 1.82) is 0 Å². The Morgan fingerprint density at radius 1 is 1.37 bits per heavy atom. The predicted octanol–water partition coefficient (Wildman–Crippen LogP) is 1.74. The molecule has 5 nitrogen and oxygen atoms in total. The summed E-state index contributed by atoms with van der Waals surface area (Å²) in [7, 11) is 5.08. The number of carbonyl (C=O) groups excluding carboxylic acids is 1. The van der Waals surface area contributed by atoms with Crippen LogP contribution >= 0.6 is 0 Å². The van der Waals surface area contributed by atoms with Crippen molar-refractivity contribution < 1.29 is 9.53 Å². The van der Waals surface area contributed by atoms with E-state index in [9.17, 15) is 4.79 Å². The fraction of sp³-hybridized carbons (Fsp3) is 0.286. The van der Waals surface area contributed by atoms with E-state index in [1.165, 1.54) is 0 Å². The van der Waals surface area contributed by atoms with Crippen LogP contribution in [0.5, 0.6) is 5.75 Å². The van der Waals surface area contributed by atoms with Crippen molar-refractivity contribution in [2.24, 2.45) is 0 Å². The number of amides is 1. The lowest BCUT2D eigenvalue weighted by Crippen LogP contribution is -2.28. The highest BCUT2D eigenvalue weighted by Gasteiger charge is 2.07. The molecule has 19 heavy (non-hydrogen) atoms. The number of nitrogens with one attached hydrogen (secondary N) is 1. The Labute approximate surface area is 112 Å². The average molecular weight is 259 g/mol. The lowest BCUT2D eigenvalue weighted by Gasteiger charge is -2.13. The number of carbonyl (C=O) groups is 1. The molecular weight excluding hydrogens is 242 g/mol. The van der Waals surface area contributed by atoms with Crippen LogP contribution in [0.25, 0.3) is 10.8 Å². The third-order valence-corrected chi connectivity index (χ3v) is 2.88. The highest BCUT2D eigenvalue weighted by Crippen LogP contribution is 2.25. The first-order chi connectivity index (χ1) is 9.11. The van der Waals surface area contributed by atoms with Crippen LogP contribution in [0, 0.1) is 0 Å². The van der Waals surface area contributed by atoms with E-state index >= 15 is 0 Å². The van der Waals surface area contributed by atoms with Crippen LogP contribution in [-0.4, -0.2) is 43.5 Å². The van der Waals surface area contributed by atoms with E-state index < -0.39 is 0 Å². The number of fused-ring (bicyclic) bond motifs is 1. The van der Waals surface area contributed by atoms with Crippen LogP contribution in [0.2, 0.25) is 0 Å². The van der Waals surface area contributed by atoms with Gasteiger partial charge in [0.25, 0.3) is 0 Å². The number of rotatable bonds is 4. The number of ether oxygens (including phenoxy) is 1. The topological polar surface area (TPSA) is 54.5 Å². The molecule has 1 amide bonds. The molecule has 1 aromatic carbocycles. The van der Waals surface area contributed by atoms with Crippen molar-refractivity contribution in [1.82, 2.24) is 9.88 Å². The number of hydrogen-bond donors (Lipinski definition) is 1. The summed E-state index contributed by atoms with van der Waals surface area (Å²) in [6, 6.07) is 7.70. The molecule has 0 radical (unpaired) electrons. The van der Waals surface area contributed by atoms with Crippen molar-refractivity contribution in [2.75, 3.05) is 33.1 Å². The first-order valence-electron chi connectivity index (χ1n) is 5.98. The third kappa shape index (κ3) is 2.93. The summed E-state index contributed by atoms with van der Waals surface area (Å²) in [4.78, 5) is 17.4. The zero-order chi connectivity index (χ0) is 13.8. The van der Waals surface area contributed by atoms with Gasteiger partial charge in [0.1, 0.15) is 11.6 Å². The summed E-state index contributed by atoms with van der Waals surface area (Å²) in [5, 5.41) is 5.05. The van der Waals surface area contributed by atoms with Crippen molar-refractivity contribution in [3.05, 3.63) is 30.5 Å². The van der Waals surface area contributed by atoms with Gasteiger partial charge >= 0.3 is 0 Å². The molecule has 0 saturated heterocycles. The number of aromatic nitrogens is 1. The fourth-order valence-corrected chi connectivity index (χ4v) is 1.73. The van der Waals surface area contributed by atoms with Crippen LogP contribution in [0.15, 0.2) is 30.5 Å². The highest BCUT2D eigenvalue weighted by molar-refractivity contribution is 5.94. The van der Waals surface area contributed by atoms with Crippen molar-refractivity contribution in [2.45, 2.75) is 0 Å². The normalized spacial score (nSPS) is 10.3. The Morgan fingerprint density at radius 3 is 2.84 bits per heavy atom. The molecule has 0 unspecified atom stereocenters. The summed E-state index contributed by atoms with van der Waals surface area (Å²) in [6.07, 6.45) is 1.72. The maximum atomic E-state index is 11.6. The molecule has 0 atom stereocenters. The second-order valence-corrected chi connectivity index (χ2v) is 4.39. The van der Waals surface area contributed by atoms with E-state index in [1.54, 1.807) is 32.3 Å². The molecule has 0 aliphatic carbocycles. The van der Waals surface area contributed by atoms with Gasteiger partial charge in [-0.3, -0.25) is 4.79 Å². The number of likely N-dealkylation sites (N-methyl/N-ethyl adjacent to an activating group) is 1. The van der Waals surface area contributed by atoms with E-state index in [1.807, 2.05) is 24.3 Å². The number of methoxy groups -OCH3 is 1. The monoisotopic (exact) mass is 259 g/mol. The van der Waals surface area contributed by atoms with Gasteiger partial charge in [0, 0.05) is 25.7 Å². The van der Waals surface area contributed by atoms with Crippen LogP contribution in [0.4, 0.5) is 5.82 Å². The highest BCUT2D eigenvalue weighted by atomic mass is 16.5. The second kappa shape index (κ2) is 5.56. The van der Waals surface area contributed by atoms with Gasteiger partial charge in [0.2, 0.25) is 5.91 Å². The Hall–Kier alpha value is -2.30. The van der Waals surface area contributed by atoms with Gasteiger partial charge < -0.3 is 15.0 Å². The minimum atomic E-state index is 0.00157. The molecule has 100 valence electrons. The van der Waals surface area contributed by atoms with Crippen LogP contribution < -0.4 is 10.1 Å². The fourth-order valence-electron chi connectivity index (χ4n) is 1.73. The maximum Gasteiger partial charge on any atom is 0.241 e. The van der Waals surface area contributed by atoms with Crippen LogP contribution in [0.1, 0.15) is 0 Å². The molecule has 2 aromatic rings. The van der Waals surface area contributed by atoms with Gasteiger partial charge in [-0.2, -0.15) is 0 Å². The zero-order valence-electron chi connectivity index (χ0n) is 11.3. The Balaban J connectivity index is 2.29. The largest absolute Gasteiger partial charge is 0.497 e. The molecule has 0 fully saturated rings. The lowest BCUT2D eigenvalue weighted by atomic mass is 10.1. The minimum absolute atomic E-state index is 0.00157. The quantitative estimate of drug-likeness (QED) is 0.908. The average Bonchev–Trinajstić information content (AvgIpc) is 2.43. The van der Waals surface area contributed by atoms with Gasteiger partial charge in [-0.05, 0) is 23.6 Å². The molecule has 1 heterocycles. The molecule has 5 heteroatoms. The smallest absolute Gasteiger partial charge is 0.241 e. The summed E-state index contributed by atoms with van der Waals surface area (Å²) < 4.78 is 5.21. The lowest BCUT2D eigenvalue weighted by molar-refractivity contribution is -0.126. The van der Waals surface area contributed by atoms with E-state index in [-0.39, 0.29) is 12.5 Å². The van der Waals surface area contributed by atoms with Gasteiger partial charge in [-0.15, -0.1) is 0 Å². The summed E-state index contributed by atoms with van der Waals surface area (Å²) in [6.45, 7) is 0.219. The Morgan fingerprint density at radius 2 is 2.16 bits per heavy atom. The molecule has 2 rings (SSSR count). The number of nitrogens with zero attached hydrogens (tertiary/aromatic N) is 2.